The van der Waals surface area contributed by atoms with Crippen LogP contribution in [0, 0.1) is 5.92 Å². The summed E-state index contributed by atoms with van der Waals surface area (Å²) >= 11 is 0. The van der Waals surface area contributed by atoms with Crippen LogP contribution in [0.1, 0.15) is 34.1 Å². The van der Waals surface area contributed by atoms with E-state index in [-0.39, 0.29) is 5.97 Å². The Kier molecular flexibility index (Phi) is 9.93. The van der Waals surface area contributed by atoms with Gasteiger partial charge in [-0.2, -0.15) is 0 Å². The Morgan fingerprint density at radius 1 is 1.42 bits per heavy atom. The number of esters is 1. The largest absolute Gasteiger partial charge is 0.468 e. The highest BCUT2D eigenvalue weighted by Crippen LogP contribution is 2.02. The molecule has 0 aliphatic rings. The van der Waals surface area contributed by atoms with Gasteiger partial charge >= 0.3 is 5.97 Å². The number of hydrogen-bond donors (Lipinski definition) is 1. The molecule has 0 saturated heterocycles. The molecule has 0 aromatic carbocycles. The molecule has 0 amide bonds. The molecule has 0 rings (SSSR count). The average Bonchev–Trinajstić information content (AvgIpc) is 2.05. The zero-order chi connectivity index (χ0) is 10.1. The van der Waals surface area contributed by atoms with Crippen molar-refractivity contribution in [2.24, 2.45) is 11.7 Å². The first-order valence-corrected chi connectivity index (χ1v) is 4.41. The van der Waals surface area contributed by atoms with Gasteiger partial charge in [-0.1, -0.05) is 27.7 Å². The molecule has 74 valence electrons. The predicted molar refractivity (Wildman–Crippen MR) is 50.8 cm³/mol. The van der Waals surface area contributed by atoms with Crippen molar-refractivity contribution in [1.29, 1.82) is 0 Å². The van der Waals surface area contributed by atoms with Gasteiger partial charge in [0.1, 0.15) is 6.04 Å². The van der Waals surface area contributed by atoms with Crippen molar-refractivity contribution in [3.63, 3.8) is 0 Å². The summed E-state index contributed by atoms with van der Waals surface area (Å²) in [5.74, 6) is 0.114. The first-order valence-electron chi connectivity index (χ1n) is 4.41. The van der Waals surface area contributed by atoms with Gasteiger partial charge in [-0.3, -0.25) is 4.79 Å². The molecule has 2 N–H and O–H groups in total. The monoisotopic (exact) mass is 175 g/mol. The number of rotatable bonds is 3. The molecular weight excluding hydrogens is 154 g/mol. The van der Waals surface area contributed by atoms with Gasteiger partial charge in [-0.25, -0.2) is 0 Å². The third-order valence-corrected chi connectivity index (χ3v) is 1.23. The van der Waals surface area contributed by atoms with Crippen LogP contribution in [0.25, 0.3) is 0 Å². The summed E-state index contributed by atoms with van der Waals surface area (Å²) in [4.78, 5) is 10.7. The second-order valence-electron chi connectivity index (χ2n) is 2.76. The summed E-state index contributed by atoms with van der Waals surface area (Å²) in [7, 11) is 1.35. The van der Waals surface area contributed by atoms with Crippen molar-refractivity contribution >= 4 is 5.97 Å². The van der Waals surface area contributed by atoms with Crippen molar-refractivity contribution in [3.05, 3.63) is 0 Å². The lowest BCUT2D eigenvalue weighted by Crippen LogP contribution is -2.32. The van der Waals surface area contributed by atoms with E-state index < -0.39 is 6.04 Å². The lowest BCUT2D eigenvalue weighted by molar-refractivity contribution is -0.142. The van der Waals surface area contributed by atoms with Crippen LogP contribution >= 0.6 is 0 Å². The Morgan fingerprint density at radius 2 is 1.83 bits per heavy atom. The summed E-state index contributed by atoms with van der Waals surface area (Å²) in [6.07, 6.45) is 0.687. The van der Waals surface area contributed by atoms with E-state index in [1.165, 1.54) is 7.11 Å². The minimum atomic E-state index is -0.454. The van der Waals surface area contributed by atoms with Crippen molar-refractivity contribution in [1.82, 2.24) is 0 Å². The number of carbonyl (C=O) groups is 1. The van der Waals surface area contributed by atoms with E-state index in [0.717, 1.165) is 0 Å². The van der Waals surface area contributed by atoms with E-state index in [1.807, 2.05) is 27.7 Å². The molecule has 0 aromatic heterocycles. The first kappa shape index (κ1) is 14.0. The molecule has 0 aliphatic carbocycles. The van der Waals surface area contributed by atoms with Crippen LogP contribution in [0.15, 0.2) is 0 Å². The van der Waals surface area contributed by atoms with Crippen LogP contribution in [0.2, 0.25) is 0 Å². The van der Waals surface area contributed by atoms with Crippen LogP contribution in [0.3, 0.4) is 0 Å². The van der Waals surface area contributed by atoms with Crippen molar-refractivity contribution < 1.29 is 9.53 Å². The minimum Gasteiger partial charge on any atom is -0.468 e. The normalized spacial score (nSPS) is 11.6. The van der Waals surface area contributed by atoms with Gasteiger partial charge in [0.15, 0.2) is 0 Å². The third-order valence-electron chi connectivity index (χ3n) is 1.23. The molecule has 0 bridgehead atoms. The van der Waals surface area contributed by atoms with E-state index in [4.69, 9.17) is 5.73 Å². The molecule has 0 fully saturated rings. The van der Waals surface area contributed by atoms with Gasteiger partial charge in [-0.05, 0) is 12.3 Å². The van der Waals surface area contributed by atoms with E-state index in [0.29, 0.717) is 12.3 Å². The Morgan fingerprint density at radius 3 is 2.08 bits per heavy atom. The van der Waals surface area contributed by atoms with Crippen LogP contribution in [-0.4, -0.2) is 19.1 Å². The maximum atomic E-state index is 10.7. The highest BCUT2D eigenvalue weighted by Gasteiger charge is 2.14. The number of hydrogen-bond acceptors (Lipinski definition) is 3. The Hall–Kier alpha value is -0.570. The Balaban J connectivity index is 0. The topological polar surface area (TPSA) is 52.3 Å². The van der Waals surface area contributed by atoms with E-state index in [2.05, 4.69) is 4.74 Å². The highest BCUT2D eigenvalue weighted by molar-refractivity contribution is 5.75. The van der Waals surface area contributed by atoms with Crippen molar-refractivity contribution in [2.45, 2.75) is 40.2 Å². The van der Waals surface area contributed by atoms with E-state index >= 15 is 0 Å². The quantitative estimate of drug-likeness (QED) is 0.662. The summed E-state index contributed by atoms with van der Waals surface area (Å²) in [5.41, 5.74) is 5.45. The standard InChI is InChI=1S/C7H15NO2.C2H6/c1-5(2)4-6(8)7(9)10-3;1-2/h5-6H,4,8H2,1-3H3;1-2H3. The molecular formula is C9H21NO2. The van der Waals surface area contributed by atoms with Gasteiger partial charge < -0.3 is 10.5 Å². The number of ether oxygens (including phenoxy) is 1. The molecule has 0 aliphatic heterocycles. The van der Waals surface area contributed by atoms with Gasteiger partial charge in [-0.15, -0.1) is 0 Å². The van der Waals surface area contributed by atoms with Crippen molar-refractivity contribution in [3.8, 4) is 0 Å². The van der Waals surface area contributed by atoms with Gasteiger partial charge in [0.25, 0.3) is 0 Å². The van der Waals surface area contributed by atoms with E-state index in [9.17, 15) is 4.79 Å². The fraction of sp³-hybridized carbons (Fsp3) is 0.889. The summed E-state index contributed by atoms with van der Waals surface area (Å²) in [6, 6.07) is -0.454. The summed E-state index contributed by atoms with van der Waals surface area (Å²) < 4.78 is 4.45. The highest BCUT2D eigenvalue weighted by atomic mass is 16.5. The molecule has 0 saturated carbocycles. The minimum absolute atomic E-state index is 0.325. The molecule has 1 atom stereocenters. The first-order chi connectivity index (χ1) is 5.57. The molecule has 0 heterocycles. The smallest absolute Gasteiger partial charge is 0.322 e. The SMILES string of the molecule is CC.COC(=O)C(N)CC(C)C. The molecule has 12 heavy (non-hydrogen) atoms. The van der Waals surface area contributed by atoms with Gasteiger partial charge in [0.05, 0.1) is 7.11 Å². The lowest BCUT2D eigenvalue weighted by atomic mass is 10.1. The molecule has 0 radical (unpaired) electrons. The predicted octanol–water partition coefficient (Wildman–Crippen LogP) is 1.56. The fourth-order valence-corrected chi connectivity index (χ4v) is 0.755. The number of methoxy groups -OCH3 is 1. The Bertz CT molecular complexity index is 113. The number of nitrogens with two attached hydrogens (primary N) is 1. The third kappa shape index (κ3) is 7.54. The average molecular weight is 175 g/mol. The second-order valence-corrected chi connectivity index (χ2v) is 2.76. The van der Waals surface area contributed by atoms with Gasteiger partial charge in [0.2, 0.25) is 0 Å². The zero-order valence-electron chi connectivity index (χ0n) is 8.76. The van der Waals surface area contributed by atoms with Crippen LogP contribution < -0.4 is 5.73 Å². The molecule has 0 aromatic rings. The molecule has 0 spiro atoms. The van der Waals surface area contributed by atoms with Crippen LogP contribution in [0.4, 0.5) is 0 Å². The van der Waals surface area contributed by atoms with Crippen molar-refractivity contribution in [2.75, 3.05) is 7.11 Å². The maximum absolute atomic E-state index is 10.7. The van der Waals surface area contributed by atoms with Crippen LogP contribution in [-0.2, 0) is 9.53 Å². The number of carbonyl (C=O) groups excluding carboxylic acids is 1. The molecule has 1 unspecified atom stereocenters. The fourth-order valence-electron chi connectivity index (χ4n) is 0.755. The summed E-state index contributed by atoms with van der Waals surface area (Å²) in [5, 5.41) is 0. The van der Waals surface area contributed by atoms with Gasteiger partial charge in [0, 0.05) is 0 Å². The molecule has 3 heteroatoms. The Labute approximate surface area is 75.3 Å². The zero-order valence-corrected chi connectivity index (χ0v) is 8.76. The second kappa shape index (κ2) is 8.53. The van der Waals surface area contributed by atoms with Crippen LogP contribution in [0.5, 0.6) is 0 Å². The maximum Gasteiger partial charge on any atom is 0.322 e. The lowest BCUT2D eigenvalue weighted by Gasteiger charge is -2.10. The van der Waals surface area contributed by atoms with E-state index in [1.54, 1.807) is 0 Å². The molecule has 3 nitrogen and oxygen atoms in total. The summed E-state index contributed by atoms with van der Waals surface area (Å²) in [6.45, 7) is 8.03.